The van der Waals surface area contributed by atoms with E-state index in [-0.39, 0.29) is 0 Å². The molecule has 0 amide bonds. The molecular formula is C35H29NO2. The number of anilines is 1. The summed E-state index contributed by atoms with van der Waals surface area (Å²) in [6, 6.07) is 34.3. The second-order valence-electron chi connectivity index (χ2n) is 10.3. The Morgan fingerprint density at radius 2 is 1.53 bits per heavy atom. The molecule has 3 nitrogen and oxygen atoms in total. The first-order valence-corrected chi connectivity index (χ1v) is 13.1. The Labute approximate surface area is 223 Å². The van der Waals surface area contributed by atoms with Crippen LogP contribution in [0.2, 0.25) is 0 Å². The van der Waals surface area contributed by atoms with Crippen molar-refractivity contribution in [1.82, 2.24) is 0 Å². The predicted octanol–water partition coefficient (Wildman–Crippen LogP) is 7.84. The largest absolute Gasteiger partial charge is 0.497 e. The molecule has 186 valence electrons. The van der Waals surface area contributed by atoms with Crippen molar-refractivity contribution >= 4 is 22.5 Å². The molecule has 0 saturated heterocycles. The molecule has 0 fully saturated rings. The van der Waals surface area contributed by atoms with Gasteiger partial charge < -0.3 is 14.4 Å². The molecular weight excluding hydrogens is 466 g/mol. The minimum atomic E-state index is -0.755. The smallest absolute Gasteiger partial charge is 0.178 e. The zero-order chi connectivity index (χ0) is 25.9. The Morgan fingerprint density at radius 1 is 0.789 bits per heavy atom. The SMILES string of the molecule is COc1ccc2c3c(c4c(c2c1)OC(c1ccccc1)(c1ccc(N(C)C)cc1)C=C4)Cc1ccccc1-3. The summed E-state index contributed by atoms with van der Waals surface area (Å²) < 4.78 is 13.0. The first-order valence-electron chi connectivity index (χ1n) is 13.1. The average molecular weight is 496 g/mol. The second kappa shape index (κ2) is 8.53. The van der Waals surface area contributed by atoms with Crippen LogP contribution in [0.15, 0.2) is 103 Å². The predicted molar refractivity (Wildman–Crippen MR) is 156 cm³/mol. The number of fused-ring (bicyclic) bond motifs is 8. The number of methoxy groups -OCH3 is 1. The fraction of sp³-hybridized carbons (Fsp3) is 0.143. The van der Waals surface area contributed by atoms with Crippen LogP contribution in [0.25, 0.3) is 28.0 Å². The minimum Gasteiger partial charge on any atom is -0.497 e. The van der Waals surface area contributed by atoms with Crippen molar-refractivity contribution in [3.63, 3.8) is 0 Å². The maximum atomic E-state index is 7.27. The van der Waals surface area contributed by atoms with Gasteiger partial charge in [-0.25, -0.2) is 0 Å². The zero-order valence-corrected chi connectivity index (χ0v) is 21.9. The number of nitrogens with zero attached hydrogens (tertiary/aromatic N) is 1. The van der Waals surface area contributed by atoms with E-state index in [0.29, 0.717) is 0 Å². The van der Waals surface area contributed by atoms with E-state index in [2.05, 4.69) is 128 Å². The molecule has 7 rings (SSSR count). The highest BCUT2D eigenvalue weighted by atomic mass is 16.5. The van der Waals surface area contributed by atoms with Gasteiger partial charge in [-0.3, -0.25) is 0 Å². The fourth-order valence-electron chi connectivity index (χ4n) is 6.09. The summed E-state index contributed by atoms with van der Waals surface area (Å²) in [5, 5.41) is 2.27. The van der Waals surface area contributed by atoms with E-state index < -0.39 is 5.60 Å². The highest BCUT2D eigenvalue weighted by Gasteiger charge is 2.39. The number of rotatable bonds is 4. The van der Waals surface area contributed by atoms with Crippen molar-refractivity contribution in [3.05, 3.63) is 131 Å². The number of hydrogen-bond acceptors (Lipinski definition) is 3. The molecule has 1 aliphatic heterocycles. The highest BCUT2D eigenvalue weighted by Crippen LogP contribution is 2.53. The van der Waals surface area contributed by atoms with Crippen LogP contribution < -0.4 is 14.4 Å². The Bertz CT molecular complexity index is 1720. The van der Waals surface area contributed by atoms with E-state index in [1.807, 2.05) is 0 Å². The lowest BCUT2D eigenvalue weighted by Gasteiger charge is -2.37. The first kappa shape index (κ1) is 22.7. The van der Waals surface area contributed by atoms with Crippen LogP contribution >= 0.6 is 0 Å². The van der Waals surface area contributed by atoms with E-state index in [9.17, 15) is 0 Å². The summed E-state index contributed by atoms with van der Waals surface area (Å²) in [6.07, 6.45) is 5.43. The average Bonchev–Trinajstić information content (AvgIpc) is 3.37. The summed E-state index contributed by atoms with van der Waals surface area (Å²) in [4.78, 5) is 2.12. The molecule has 1 unspecified atom stereocenters. The van der Waals surface area contributed by atoms with Crippen LogP contribution in [-0.2, 0) is 12.0 Å². The normalized spacial score (nSPS) is 16.9. The van der Waals surface area contributed by atoms with Crippen molar-refractivity contribution in [3.8, 4) is 22.6 Å². The second-order valence-corrected chi connectivity index (χ2v) is 10.3. The summed E-state index contributed by atoms with van der Waals surface area (Å²) in [7, 11) is 5.85. The number of hydrogen-bond donors (Lipinski definition) is 0. The summed E-state index contributed by atoms with van der Waals surface area (Å²) in [6.45, 7) is 0. The van der Waals surface area contributed by atoms with E-state index in [0.717, 1.165) is 45.7 Å². The van der Waals surface area contributed by atoms with Gasteiger partial charge in [0.25, 0.3) is 0 Å². The number of ether oxygens (including phenoxy) is 2. The summed E-state index contributed by atoms with van der Waals surface area (Å²) >= 11 is 0. The van der Waals surface area contributed by atoms with Gasteiger partial charge in [0.2, 0.25) is 0 Å². The van der Waals surface area contributed by atoms with E-state index >= 15 is 0 Å². The molecule has 5 aromatic carbocycles. The Balaban J connectivity index is 1.51. The molecule has 5 aromatic rings. The van der Waals surface area contributed by atoms with Gasteiger partial charge in [-0.15, -0.1) is 0 Å². The Hall–Kier alpha value is -4.50. The molecule has 1 heterocycles. The molecule has 2 aliphatic rings. The van der Waals surface area contributed by atoms with E-state index in [1.54, 1.807) is 7.11 Å². The minimum absolute atomic E-state index is 0.755. The molecule has 0 spiro atoms. The molecule has 38 heavy (non-hydrogen) atoms. The third kappa shape index (κ3) is 3.28. The molecule has 1 aliphatic carbocycles. The van der Waals surface area contributed by atoms with Crippen LogP contribution in [0.5, 0.6) is 11.5 Å². The van der Waals surface area contributed by atoms with Crippen LogP contribution in [0.3, 0.4) is 0 Å². The lowest BCUT2D eigenvalue weighted by Crippen LogP contribution is -2.34. The fourth-order valence-corrected chi connectivity index (χ4v) is 6.09. The van der Waals surface area contributed by atoms with Crippen molar-refractivity contribution in [1.29, 1.82) is 0 Å². The quantitative estimate of drug-likeness (QED) is 0.249. The van der Waals surface area contributed by atoms with Gasteiger partial charge in [0.15, 0.2) is 5.60 Å². The topological polar surface area (TPSA) is 21.7 Å². The van der Waals surface area contributed by atoms with E-state index in [4.69, 9.17) is 9.47 Å². The molecule has 0 bridgehead atoms. The standard InChI is InChI=1S/C35H29NO2/c1-36(2)26-15-13-25(14-16-26)35(24-10-5-4-6-11-24)20-19-30-31-21-23-9-7-8-12-28(23)33(31)29-18-17-27(37-3)22-32(29)34(30)38-35/h4-20,22H,21H2,1-3H3. The van der Waals surface area contributed by atoms with Crippen molar-refractivity contribution in [2.24, 2.45) is 0 Å². The molecule has 0 aromatic heterocycles. The van der Waals surface area contributed by atoms with Gasteiger partial charge in [0.05, 0.1) is 7.11 Å². The maximum absolute atomic E-state index is 7.27. The highest BCUT2D eigenvalue weighted by molar-refractivity contribution is 6.07. The lowest BCUT2D eigenvalue weighted by molar-refractivity contribution is 0.163. The summed E-state index contributed by atoms with van der Waals surface area (Å²) in [5.41, 5.74) is 9.07. The van der Waals surface area contributed by atoms with Crippen molar-refractivity contribution in [2.75, 3.05) is 26.1 Å². The van der Waals surface area contributed by atoms with Crippen LogP contribution in [0, 0.1) is 0 Å². The third-order valence-electron chi connectivity index (χ3n) is 8.03. The van der Waals surface area contributed by atoms with Gasteiger partial charge >= 0.3 is 0 Å². The van der Waals surface area contributed by atoms with Crippen molar-refractivity contribution in [2.45, 2.75) is 12.0 Å². The Kier molecular flexibility index (Phi) is 5.09. The van der Waals surface area contributed by atoms with Crippen molar-refractivity contribution < 1.29 is 9.47 Å². The van der Waals surface area contributed by atoms with Crippen LogP contribution in [-0.4, -0.2) is 21.2 Å². The monoisotopic (exact) mass is 495 g/mol. The molecule has 1 atom stereocenters. The van der Waals surface area contributed by atoms with Crippen LogP contribution in [0.4, 0.5) is 5.69 Å². The molecule has 3 heteroatoms. The molecule has 0 saturated carbocycles. The first-order chi connectivity index (χ1) is 18.6. The van der Waals surface area contributed by atoms with Gasteiger partial charge in [-0.2, -0.15) is 0 Å². The van der Waals surface area contributed by atoms with Gasteiger partial charge in [0.1, 0.15) is 11.5 Å². The zero-order valence-electron chi connectivity index (χ0n) is 21.9. The molecule has 0 radical (unpaired) electrons. The Morgan fingerprint density at radius 3 is 2.29 bits per heavy atom. The van der Waals surface area contributed by atoms with E-state index in [1.165, 1.54) is 27.6 Å². The van der Waals surface area contributed by atoms with Gasteiger partial charge in [0, 0.05) is 41.9 Å². The third-order valence-corrected chi connectivity index (χ3v) is 8.03. The summed E-state index contributed by atoms with van der Waals surface area (Å²) in [5.74, 6) is 1.73. The number of benzene rings is 5. The molecule has 0 N–H and O–H groups in total. The van der Waals surface area contributed by atoms with Gasteiger partial charge in [-0.1, -0.05) is 72.8 Å². The maximum Gasteiger partial charge on any atom is 0.178 e. The van der Waals surface area contributed by atoms with Gasteiger partial charge in [-0.05, 0) is 70.5 Å². The van der Waals surface area contributed by atoms with Crippen LogP contribution in [0.1, 0.15) is 27.8 Å². The lowest BCUT2D eigenvalue weighted by atomic mass is 9.82.